The topological polar surface area (TPSA) is 29.5 Å². The molecule has 1 amide bonds. The number of hydrogen-bond acceptors (Lipinski definition) is 2. The fourth-order valence-corrected chi connectivity index (χ4v) is 2.29. The number of ether oxygens (including phenoxy) is 1. The van der Waals surface area contributed by atoms with Crippen LogP contribution in [0.5, 0.6) is 5.75 Å². The second-order valence-corrected chi connectivity index (χ2v) is 5.32. The summed E-state index contributed by atoms with van der Waals surface area (Å²) in [5, 5.41) is 0. The summed E-state index contributed by atoms with van der Waals surface area (Å²) in [6.45, 7) is 4.89. The zero-order valence-corrected chi connectivity index (χ0v) is 13.6. The number of carbonyl (C=O) groups is 1. The molecule has 4 heteroatoms. The highest BCUT2D eigenvalue weighted by Crippen LogP contribution is 2.13. The molecule has 0 aromatic heterocycles. The van der Waals surface area contributed by atoms with Crippen molar-refractivity contribution in [3.8, 4) is 5.75 Å². The van der Waals surface area contributed by atoms with Crippen LogP contribution in [-0.4, -0.2) is 24.0 Å². The normalized spacial score (nSPS) is 10.4. The molecule has 23 heavy (non-hydrogen) atoms. The molecule has 3 nitrogen and oxygen atoms in total. The van der Waals surface area contributed by atoms with Crippen LogP contribution in [0.15, 0.2) is 48.5 Å². The van der Waals surface area contributed by atoms with Gasteiger partial charge in [-0.05, 0) is 48.7 Å². The molecule has 122 valence electrons. The second kappa shape index (κ2) is 8.32. The van der Waals surface area contributed by atoms with E-state index >= 15 is 0 Å². The molecule has 2 aromatic rings. The number of nitrogens with zero attached hydrogens (tertiary/aromatic N) is 1. The van der Waals surface area contributed by atoms with Crippen molar-refractivity contribution in [2.24, 2.45) is 0 Å². The van der Waals surface area contributed by atoms with Gasteiger partial charge in [0.05, 0.1) is 0 Å². The van der Waals surface area contributed by atoms with E-state index in [0.717, 1.165) is 12.0 Å². The Balaban J connectivity index is 1.91. The van der Waals surface area contributed by atoms with E-state index in [9.17, 15) is 9.18 Å². The Morgan fingerprint density at radius 3 is 2.43 bits per heavy atom. The Hall–Kier alpha value is -2.36. The number of halogens is 1. The molecule has 0 N–H and O–H groups in total. The summed E-state index contributed by atoms with van der Waals surface area (Å²) < 4.78 is 18.8. The van der Waals surface area contributed by atoms with E-state index in [1.807, 2.05) is 37.3 Å². The summed E-state index contributed by atoms with van der Waals surface area (Å²) in [5.41, 5.74) is 2.00. The van der Waals surface area contributed by atoms with Crippen LogP contribution in [0.3, 0.4) is 0 Å². The van der Waals surface area contributed by atoms with Crippen molar-refractivity contribution in [3.63, 3.8) is 0 Å². The zero-order valence-electron chi connectivity index (χ0n) is 13.6. The molecule has 0 aliphatic heterocycles. The third-order valence-corrected chi connectivity index (χ3v) is 3.69. The molecule has 0 spiro atoms. The summed E-state index contributed by atoms with van der Waals surface area (Å²) in [4.78, 5) is 13.9. The van der Waals surface area contributed by atoms with Gasteiger partial charge in [0.1, 0.15) is 11.6 Å². The maximum atomic E-state index is 13.2. The number of hydrogen-bond donors (Lipinski definition) is 0. The first-order valence-corrected chi connectivity index (χ1v) is 7.86. The van der Waals surface area contributed by atoms with E-state index < -0.39 is 0 Å². The summed E-state index contributed by atoms with van der Waals surface area (Å²) in [7, 11) is 0. The molecule has 2 aromatic carbocycles. The first-order chi connectivity index (χ1) is 11.1. The minimum absolute atomic E-state index is 0.0192. The Labute approximate surface area is 136 Å². The average molecular weight is 315 g/mol. The van der Waals surface area contributed by atoms with Gasteiger partial charge in [0.25, 0.3) is 5.91 Å². The van der Waals surface area contributed by atoms with Crippen LogP contribution in [0, 0.1) is 5.82 Å². The van der Waals surface area contributed by atoms with Gasteiger partial charge in [0, 0.05) is 13.1 Å². The molecule has 0 aliphatic rings. The van der Waals surface area contributed by atoms with E-state index in [0.29, 0.717) is 18.8 Å². The molecular weight excluding hydrogens is 293 g/mol. The van der Waals surface area contributed by atoms with Gasteiger partial charge in [-0.3, -0.25) is 4.79 Å². The van der Waals surface area contributed by atoms with Gasteiger partial charge >= 0.3 is 0 Å². The van der Waals surface area contributed by atoms with Crippen LogP contribution in [0.2, 0.25) is 0 Å². The van der Waals surface area contributed by atoms with E-state index in [1.54, 1.807) is 11.0 Å². The maximum absolute atomic E-state index is 13.2. The third kappa shape index (κ3) is 5.09. The van der Waals surface area contributed by atoms with Gasteiger partial charge in [-0.25, -0.2) is 4.39 Å². The van der Waals surface area contributed by atoms with Crippen molar-refractivity contribution in [1.82, 2.24) is 4.90 Å². The lowest BCUT2D eigenvalue weighted by Gasteiger charge is -2.21. The van der Waals surface area contributed by atoms with Gasteiger partial charge < -0.3 is 9.64 Å². The van der Waals surface area contributed by atoms with Crippen LogP contribution in [0.25, 0.3) is 0 Å². The predicted molar refractivity (Wildman–Crippen MR) is 88.8 cm³/mol. The van der Waals surface area contributed by atoms with Gasteiger partial charge in [0.15, 0.2) is 6.61 Å². The number of benzene rings is 2. The summed E-state index contributed by atoms with van der Waals surface area (Å²) in [6.07, 6.45) is 0.969. The van der Waals surface area contributed by atoms with Crippen molar-refractivity contribution in [2.45, 2.75) is 26.8 Å². The van der Waals surface area contributed by atoms with E-state index in [-0.39, 0.29) is 18.3 Å². The maximum Gasteiger partial charge on any atom is 0.260 e. The van der Waals surface area contributed by atoms with Gasteiger partial charge in [-0.2, -0.15) is 0 Å². The van der Waals surface area contributed by atoms with Crippen LogP contribution in [-0.2, 0) is 17.8 Å². The van der Waals surface area contributed by atoms with Crippen molar-refractivity contribution in [1.29, 1.82) is 0 Å². The molecule has 0 fully saturated rings. The Bertz CT molecular complexity index is 640. The van der Waals surface area contributed by atoms with Crippen molar-refractivity contribution in [3.05, 3.63) is 65.5 Å². The van der Waals surface area contributed by atoms with Crippen molar-refractivity contribution < 1.29 is 13.9 Å². The lowest BCUT2D eigenvalue weighted by atomic mass is 10.2. The predicted octanol–water partition coefficient (Wildman–Crippen LogP) is 3.82. The van der Waals surface area contributed by atoms with E-state index in [4.69, 9.17) is 4.74 Å². The fourth-order valence-electron chi connectivity index (χ4n) is 2.29. The molecule has 0 unspecified atom stereocenters. The van der Waals surface area contributed by atoms with E-state index in [1.165, 1.54) is 17.7 Å². The monoisotopic (exact) mass is 315 g/mol. The number of carbonyl (C=O) groups excluding carboxylic acids is 1. The quantitative estimate of drug-likeness (QED) is 0.777. The standard InChI is InChI=1S/C19H22FNO2/c1-3-15-8-10-18(11-9-15)23-14-19(22)21(4-2)13-16-6-5-7-17(20)12-16/h5-12H,3-4,13-14H2,1-2H3. The summed E-state index contributed by atoms with van der Waals surface area (Å²) in [6, 6.07) is 14.0. The Morgan fingerprint density at radius 1 is 1.09 bits per heavy atom. The zero-order chi connectivity index (χ0) is 16.7. The third-order valence-electron chi connectivity index (χ3n) is 3.69. The summed E-state index contributed by atoms with van der Waals surface area (Å²) in [5.74, 6) is 0.270. The highest BCUT2D eigenvalue weighted by Gasteiger charge is 2.13. The molecule has 0 heterocycles. The fraction of sp³-hybridized carbons (Fsp3) is 0.316. The minimum Gasteiger partial charge on any atom is -0.484 e. The second-order valence-electron chi connectivity index (χ2n) is 5.32. The molecule has 0 radical (unpaired) electrons. The Kier molecular flexibility index (Phi) is 6.15. The lowest BCUT2D eigenvalue weighted by molar-refractivity contribution is -0.133. The van der Waals surface area contributed by atoms with Gasteiger partial charge in [0.2, 0.25) is 0 Å². The number of aryl methyl sites for hydroxylation is 1. The molecule has 0 aliphatic carbocycles. The van der Waals surface area contributed by atoms with Crippen LogP contribution in [0.1, 0.15) is 25.0 Å². The van der Waals surface area contributed by atoms with Gasteiger partial charge in [-0.15, -0.1) is 0 Å². The van der Waals surface area contributed by atoms with Crippen LogP contribution >= 0.6 is 0 Å². The average Bonchev–Trinajstić information content (AvgIpc) is 2.58. The van der Waals surface area contributed by atoms with Crippen molar-refractivity contribution >= 4 is 5.91 Å². The van der Waals surface area contributed by atoms with Gasteiger partial charge in [-0.1, -0.05) is 31.2 Å². The highest BCUT2D eigenvalue weighted by molar-refractivity contribution is 5.77. The molecule has 2 rings (SSSR count). The Morgan fingerprint density at radius 2 is 1.83 bits per heavy atom. The molecule has 0 saturated carbocycles. The first-order valence-electron chi connectivity index (χ1n) is 7.86. The molecular formula is C19H22FNO2. The van der Waals surface area contributed by atoms with Crippen molar-refractivity contribution in [2.75, 3.05) is 13.2 Å². The summed E-state index contributed by atoms with van der Waals surface area (Å²) >= 11 is 0. The van der Waals surface area contributed by atoms with Crippen LogP contribution in [0.4, 0.5) is 4.39 Å². The molecule has 0 bridgehead atoms. The van der Waals surface area contributed by atoms with Crippen LogP contribution < -0.4 is 4.74 Å². The lowest BCUT2D eigenvalue weighted by Crippen LogP contribution is -2.34. The smallest absolute Gasteiger partial charge is 0.260 e. The SMILES string of the molecule is CCc1ccc(OCC(=O)N(CC)Cc2cccc(F)c2)cc1. The first kappa shape index (κ1) is 17.0. The minimum atomic E-state index is -0.293. The number of likely N-dealkylation sites (N-methyl/N-ethyl adjacent to an activating group) is 1. The van der Waals surface area contributed by atoms with E-state index in [2.05, 4.69) is 6.92 Å². The molecule has 0 saturated heterocycles. The largest absolute Gasteiger partial charge is 0.484 e. The molecule has 0 atom stereocenters. The highest BCUT2D eigenvalue weighted by atomic mass is 19.1. The number of rotatable bonds is 7. The number of amides is 1.